The van der Waals surface area contributed by atoms with E-state index in [-0.39, 0.29) is 23.4 Å². The molecule has 4 rings (SSSR count). The number of nitrogens with zero attached hydrogens (tertiary/aromatic N) is 3. The van der Waals surface area contributed by atoms with Crippen LogP contribution in [0.15, 0.2) is 48.5 Å². The number of fused-ring (bicyclic) bond motifs is 1. The second-order valence-corrected chi connectivity index (χ2v) is 9.31. The first-order valence-electron chi connectivity index (χ1n) is 11.0. The molecule has 1 atom stereocenters. The SMILES string of the molecule is CC(SCC(=O)Nc1ccc(F)cc1)C(=O)Nc1cccc(-c2nnc3n2CCCCC3)c1. The van der Waals surface area contributed by atoms with Gasteiger partial charge in [-0.25, -0.2) is 4.39 Å². The zero-order valence-corrected chi connectivity index (χ0v) is 19.2. The summed E-state index contributed by atoms with van der Waals surface area (Å²) in [6.07, 6.45) is 4.37. The summed E-state index contributed by atoms with van der Waals surface area (Å²) in [5, 5.41) is 13.9. The first-order valence-corrected chi connectivity index (χ1v) is 12.0. The van der Waals surface area contributed by atoms with Crippen LogP contribution >= 0.6 is 11.8 Å². The van der Waals surface area contributed by atoms with Gasteiger partial charge in [0.1, 0.15) is 11.6 Å². The first kappa shape index (κ1) is 23.0. The highest BCUT2D eigenvalue weighted by Crippen LogP contribution is 2.25. The van der Waals surface area contributed by atoms with Gasteiger partial charge in [-0.3, -0.25) is 9.59 Å². The summed E-state index contributed by atoms with van der Waals surface area (Å²) in [7, 11) is 0. The van der Waals surface area contributed by atoms with Crippen molar-refractivity contribution in [2.75, 3.05) is 16.4 Å². The maximum absolute atomic E-state index is 13.0. The van der Waals surface area contributed by atoms with Gasteiger partial charge in [-0.2, -0.15) is 0 Å². The van der Waals surface area contributed by atoms with Gasteiger partial charge < -0.3 is 15.2 Å². The number of aryl methyl sites for hydroxylation is 1. The summed E-state index contributed by atoms with van der Waals surface area (Å²) < 4.78 is 15.1. The van der Waals surface area contributed by atoms with Gasteiger partial charge in [0, 0.05) is 29.9 Å². The van der Waals surface area contributed by atoms with E-state index in [1.807, 2.05) is 24.3 Å². The number of carbonyl (C=O) groups is 2. The summed E-state index contributed by atoms with van der Waals surface area (Å²) in [5.41, 5.74) is 2.10. The van der Waals surface area contributed by atoms with E-state index >= 15 is 0 Å². The van der Waals surface area contributed by atoms with Crippen LogP contribution in [0, 0.1) is 5.82 Å². The molecule has 0 bridgehead atoms. The quantitative estimate of drug-likeness (QED) is 0.534. The molecule has 2 N–H and O–H groups in total. The summed E-state index contributed by atoms with van der Waals surface area (Å²) in [4.78, 5) is 24.8. The molecule has 0 spiro atoms. The van der Waals surface area contributed by atoms with Crippen LogP contribution in [0.3, 0.4) is 0 Å². The molecule has 2 amide bonds. The highest BCUT2D eigenvalue weighted by Gasteiger charge is 2.18. The minimum absolute atomic E-state index is 0.109. The first-order chi connectivity index (χ1) is 16.0. The third kappa shape index (κ3) is 5.98. The van der Waals surface area contributed by atoms with Crippen molar-refractivity contribution in [3.05, 3.63) is 60.2 Å². The van der Waals surface area contributed by atoms with E-state index in [4.69, 9.17) is 0 Å². The summed E-state index contributed by atoms with van der Waals surface area (Å²) in [5.74, 6) is 1.14. The minimum atomic E-state index is -0.433. The fourth-order valence-corrected chi connectivity index (χ4v) is 4.37. The topological polar surface area (TPSA) is 88.9 Å². The maximum atomic E-state index is 13.0. The largest absolute Gasteiger partial charge is 0.325 e. The summed E-state index contributed by atoms with van der Waals surface area (Å²) >= 11 is 1.23. The molecule has 0 radical (unpaired) electrons. The molecular weight excluding hydrogens is 441 g/mol. The second kappa shape index (κ2) is 10.6. The number of carbonyl (C=O) groups excluding carboxylic acids is 2. The zero-order chi connectivity index (χ0) is 23.2. The van der Waals surface area contributed by atoms with E-state index in [1.165, 1.54) is 42.4 Å². The van der Waals surface area contributed by atoms with Gasteiger partial charge >= 0.3 is 0 Å². The van der Waals surface area contributed by atoms with Crippen molar-refractivity contribution < 1.29 is 14.0 Å². The molecule has 3 aromatic rings. The van der Waals surface area contributed by atoms with Crippen molar-refractivity contribution in [3.63, 3.8) is 0 Å². The van der Waals surface area contributed by atoms with Gasteiger partial charge in [0.25, 0.3) is 0 Å². The lowest BCUT2D eigenvalue weighted by atomic mass is 10.2. The Labute approximate surface area is 196 Å². The van der Waals surface area contributed by atoms with E-state index in [0.717, 1.165) is 43.0 Å². The number of hydrogen-bond acceptors (Lipinski definition) is 5. The Balaban J connectivity index is 1.33. The molecule has 7 nitrogen and oxygen atoms in total. The normalized spacial score (nSPS) is 14.1. The van der Waals surface area contributed by atoms with Crippen LogP contribution in [0.4, 0.5) is 15.8 Å². The molecule has 1 aliphatic heterocycles. The zero-order valence-electron chi connectivity index (χ0n) is 18.4. The van der Waals surface area contributed by atoms with Gasteiger partial charge in [0.2, 0.25) is 11.8 Å². The number of hydrogen-bond donors (Lipinski definition) is 2. The number of thioether (sulfide) groups is 1. The molecule has 1 aromatic heterocycles. The molecule has 172 valence electrons. The molecule has 2 aromatic carbocycles. The molecule has 0 fully saturated rings. The van der Waals surface area contributed by atoms with Crippen molar-refractivity contribution in [2.24, 2.45) is 0 Å². The molecule has 1 aliphatic rings. The predicted molar refractivity (Wildman–Crippen MR) is 129 cm³/mol. The van der Waals surface area contributed by atoms with Crippen molar-refractivity contribution >= 4 is 35.0 Å². The van der Waals surface area contributed by atoms with Crippen molar-refractivity contribution in [1.29, 1.82) is 0 Å². The highest BCUT2D eigenvalue weighted by molar-refractivity contribution is 8.01. The average Bonchev–Trinajstić information content (AvgIpc) is 3.07. The minimum Gasteiger partial charge on any atom is -0.325 e. The van der Waals surface area contributed by atoms with E-state index in [9.17, 15) is 14.0 Å². The van der Waals surface area contributed by atoms with Gasteiger partial charge in [0.15, 0.2) is 5.82 Å². The molecule has 2 heterocycles. The Morgan fingerprint density at radius 2 is 1.88 bits per heavy atom. The van der Waals surface area contributed by atoms with Crippen molar-refractivity contribution in [1.82, 2.24) is 14.8 Å². The van der Waals surface area contributed by atoms with Gasteiger partial charge in [0.05, 0.1) is 11.0 Å². The van der Waals surface area contributed by atoms with Crippen LogP contribution in [-0.4, -0.2) is 37.6 Å². The number of rotatable bonds is 7. The predicted octanol–water partition coefficient (Wildman–Crippen LogP) is 4.51. The third-order valence-electron chi connectivity index (χ3n) is 5.46. The Morgan fingerprint density at radius 1 is 1.06 bits per heavy atom. The van der Waals surface area contributed by atoms with Crippen molar-refractivity contribution in [2.45, 2.75) is 44.4 Å². The van der Waals surface area contributed by atoms with Crippen LogP contribution in [0.5, 0.6) is 0 Å². The molecule has 0 aliphatic carbocycles. The lowest BCUT2D eigenvalue weighted by molar-refractivity contribution is -0.115. The Morgan fingerprint density at radius 3 is 2.70 bits per heavy atom. The Bertz CT molecular complexity index is 1130. The molecule has 1 unspecified atom stereocenters. The molecule has 33 heavy (non-hydrogen) atoms. The third-order valence-corrected chi connectivity index (χ3v) is 6.60. The Kier molecular flexibility index (Phi) is 7.39. The van der Waals surface area contributed by atoms with Crippen LogP contribution in [0.1, 0.15) is 32.0 Å². The van der Waals surface area contributed by atoms with E-state index < -0.39 is 5.25 Å². The number of amides is 2. The number of benzene rings is 2. The summed E-state index contributed by atoms with van der Waals surface area (Å²) in [6.45, 7) is 2.66. The molecular formula is C24H26FN5O2S. The number of nitrogens with one attached hydrogen (secondary N) is 2. The smallest absolute Gasteiger partial charge is 0.237 e. The summed E-state index contributed by atoms with van der Waals surface area (Å²) in [6, 6.07) is 13.1. The number of halogens is 1. The molecule has 9 heteroatoms. The van der Waals surface area contributed by atoms with Crippen LogP contribution < -0.4 is 10.6 Å². The van der Waals surface area contributed by atoms with Crippen molar-refractivity contribution in [3.8, 4) is 11.4 Å². The van der Waals surface area contributed by atoms with E-state index in [1.54, 1.807) is 6.92 Å². The van der Waals surface area contributed by atoms with E-state index in [0.29, 0.717) is 11.4 Å². The number of anilines is 2. The monoisotopic (exact) mass is 467 g/mol. The average molecular weight is 468 g/mol. The van der Waals surface area contributed by atoms with Gasteiger partial charge in [-0.05, 0) is 56.2 Å². The van der Waals surface area contributed by atoms with Gasteiger partial charge in [-0.15, -0.1) is 22.0 Å². The molecule has 0 saturated heterocycles. The number of aromatic nitrogens is 3. The highest BCUT2D eigenvalue weighted by atomic mass is 32.2. The van der Waals surface area contributed by atoms with Gasteiger partial charge in [-0.1, -0.05) is 18.6 Å². The fourth-order valence-electron chi connectivity index (χ4n) is 3.69. The maximum Gasteiger partial charge on any atom is 0.237 e. The van der Waals surface area contributed by atoms with Crippen LogP contribution in [-0.2, 0) is 22.6 Å². The lowest BCUT2D eigenvalue weighted by Crippen LogP contribution is -2.25. The fraction of sp³-hybridized carbons (Fsp3) is 0.333. The van der Waals surface area contributed by atoms with Crippen LogP contribution in [0.25, 0.3) is 11.4 Å². The Hall–Kier alpha value is -3.20. The second-order valence-electron chi connectivity index (χ2n) is 7.98. The van der Waals surface area contributed by atoms with Crippen LogP contribution in [0.2, 0.25) is 0 Å². The standard InChI is InChI=1S/C24H26FN5O2S/c1-16(33-15-22(31)26-19-11-9-18(25)10-12-19)24(32)27-20-7-5-6-17(14-20)23-29-28-21-8-3-2-4-13-30(21)23/h5-7,9-12,14,16H,2-4,8,13,15H2,1H3,(H,26,31)(H,27,32). The van der Waals surface area contributed by atoms with E-state index in [2.05, 4.69) is 25.4 Å². The lowest BCUT2D eigenvalue weighted by Gasteiger charge is -2.13. The molecule has 0 saturated carbocycles.